The molecule has 1 aromatic rings. The Kier molecular flexibility index (Phi) is 3.77. The molecule has 0 amide bonds. The zero-order chi connectivity index (χ0) is 12.3. The molecule has 0 aliphatic carbocycles. The van der Waals surface area contributed by atoms with Gasteiger partial charge < -0.3 is 4.90 Å². The topological polar surface area (TPSA) is 20.3 Å². The maximum Gasteiger partial charge on any atom is 0.152 e. The van der Waals surface area contributed by atoms with Gasteiger partial charge in [0.2, 0.25) is 0 Å². The summed E-state index contributed by atoms with van der Waals surface area (Å²) in [6.07, 6.45) is 2.11. The largest absolute Gasteiger partial charge is 0.348 e. The fourth-order valence-corrected chi connectivity index (χ4v) is 1.50. The third-order valence-electron chi connectivity index (χ3n) is 1.99. The second-order valence-electron chi connectivity index (χ2n) is 3.76. The third-order valence-corrected chi connectivity index (χ3v) is 1.99. The van der Waals surface area contributed by atoms with Gasteiger partial charge in [-0.3, -0.25) is 4.79 Å². The van der Waals surface area contributed by atoms with Gasteiger partial charge in [-0.25, -0.2) is 8.78 Å². The molecule has 1 aromatic carbocycles. The first-order valence-electron chi connectivity index (χ1n) is 4.77. The molecule has 1 rings (SSSR count). The predicted octanol–water partition coefficient (Wildman–Crippen LogP) is 3.14. The van der Waals surface area contributed by atoms with Gasteiger partial charge in [0.15, 0.2) is 6.29 Å². The van der Waals surface area contributed by atoms with Crippen molar-refractivity contribution in [1.29, 1.82) is 0 Å². The van der Waals surface area contributed by atoms with Crippen LogP contribution in [0.15, 0.2) is 23.9 Å². The molecule has 0 aliphatic rings. The van der Waals surface area contributed by atoms with E-state index in [1.807, 2.05) is 13.8 Å². The van der Waals surface area contributed by atoms with Crippen LogP contribution in [-0.4, -0.2) is 13.3 Å². The second-order valence-corrected chi connectivity index (χ2v) is 3.76. The van der Waals surface area contributed by atoms with Crippen molar-refractivity contribution in [2.75, 3.05) is 11.9 Å². The molecule has 0 radical (unpaired) electrons. The summed E-state index contributed by atoms with van der Waals surface area (Å²) in [5.74, 6) is -1.50. The summed E-state index contributed by atoms with van der Waals surface area (Å²) in [6.45, 7) is 3.69. The van der Waals surface area contributed by atoms with E-state index in [9.17, 15) is 13.6 Å². The van der Waals surface area contributed by atoms with Gasteiger partial charge >= 0.3 is 0 Å². The summed E-state index contributed by atoms with van der Waals surface area (Å²) in [7, 11) is 1.61. The number of nitrogens with zero attached hydrogens (tertiary/aromatic N) is 1. The lowest BCUT2D eigenvalue weighted by molar-refractivity contribution is 0.112. The molecule has 86 valence electrons. The number of aldehydes is 1. The molecular formula is C12H13F2NO. The van der Waals surface area contributed by atoms with E-state index in [0.717, 1.165) is 17.7 Å². The van der Waals surface area contributed by atoms with Crippen molar-refractivity contribution in [1.82, 2.24) is 0 Å². The number of allylic oxidation sites excluding steroid dienone is 1. The fraction of sp³-hybridized carbons (Fsp3) is 0.250. The molecule has 0 aromatic heterocycles. The van der Waals surface area contributed by atoms with Crippen LogP contribution in [0.2, 0.25) is 0 Å². The van der Waals surface area contributed by atoms with Crippen molar-refractivity contribution in [3.63, 3.8) is 0 Å². The molecular weight excluding hydrogens is 212 g/mol. The van der Waals surface area contributed by atoms with Crippen molar-refractivity contribution in [2.45, 2.75) is 13.8 Å². The Labute approximate surface area is 93.2 Å². The zero-order valence-electron chi connectivity index (χ0n) is 9.42. The highest BCUT2D eigenvalue weighted by Crippen LogP contribution is 2.24. The van der Waals surface area contributed by atoms with Crippen LogP contribution in [0.5, 0.6) is 0 Å². The second kappa shape index (κ2) is 4.88. The average molecular weight is 225 g/mol. The molecule has 2 nitrogen and oxygen atoms in total. The van der Waals surface area contributed by atoms with Gasteiger partial charge in [0, 0.05) is 24.9 Å². The summed E-state index contributed by atoms with van der Waals surface area (Å²) in [4.78, 5) is 12.2. The molecule has 0 aliphatic heterocycles. The number of hydrogen-bond acceptors (Lipinski definition) is 2. The van der Waals surface area contributed by atoms with E-state index in [4.69, 9.17) is 0 Å². The summed E-state index contributed by atoms with van der Waals surface area (Å²) >= 11 is 0. The Balaban J connectivity index is 3.31. The Morgan fingerprint density at radius 2 is 1.94 bits per heavy atom. The lowest BCUT2D eigenvalue weighted by Crippen LogP contribution is -2.13. The Bertz CT molecular complexity index is 437. The van der Waals surface area contributed by atoms with Crippen LogP contribution in [0.25, 0.3) is 0 Å². The predicted molar refractivity (Wildman–Crippen MR) is 59.6 cm³/mol. The first-order valence-corrected chi connectivity index (χ1v) is 4.77. The van der Waals surface area contributed by atoms with Crippen LogP contribution in [0.4, 0.5) is 14.5 Å². The first kappa shape index (κ1) is 12.4. The SMILES string of the molecule is CC(C)=CN(C)c1c(F)cc(F)cc1C=O. The summed E-state index contributed by atoms with van der Waals surface area (Å²) in [5, 5.41) is 0. The highest BCUT2D eigenvalue weighted by atomic mass is 19.1. The van der Waals surface area contributed by atoms with Gasteiger partial charge in [0.05, 0.1) is 5.69 Å². The monoisotopic (exact) mass is 225 g/mol. The molecule has 0 heterocycles. The lowest BCUT2D eigenvalue weighted by atomic mass is 10.1. The van der Waals surface area contributed by atoms with Crippen molar-refractivity contribution < 1.29 is 13.6 Å². The first-order chi connectivity index (χ1) is 7.45. The van der Waals surface area contributed by atoms with Crippen LogP contribution in [0, 0.1) is 11.6 Å². The molecule has 0 bridgehead atoms. The van der Waals surface area contributed by atoms with Crippen LogP contribution in [0.3, 0.4) is 0 Å². The number of carbonyl (C=O) groups excluding carboxylic acids is 1. The molecule has 16 heavy (non-hydrogen) atoms. The minimum atomic E-state index is -0.756. The van der Waals surface area contributed by atoms with Crippen molar-refractivity contribution in [3.05, 3.63) is 41.1 Å². The van der Waals surface area contributed by atoms with Gasteiger partial charge in [-0.1, -0.05) is 5.57 Å². The molecule has 0 spiro atoms. The van der Waals surface area contributed by atoms with Crippen LogP contribution in [0.1, 0.15) is 24.2 Å². The Morgan fingerprint density at radius 3 is 2.44 bits per heavy atom. The van der Waals surface area contributed by atoms with Crippen molar-refractivity contribution >= 4 is 12.0 Å². The molecule has 4 heteroatoms. The van der Waals surface area contributed by atoms with Crippen molar-refractivity contribution in [3.8, 4) is 0 Å². The normalized spacial score (nSPS) is 9.81. The Hall–Kier alpha value is -1.71. The third kappa shape index (κ3) is 2.66. The molecule has 0 unspecified atom stereocenters. The van der Waals surface area contributed by atoms with E-state index in [1.165, 1.54) is 4.90 Å². The number of hydrogen-bond donors (Lipinski definition) is 0. The van der Waals surface area contributed by atoms with Gasteiger partial charge in [-0.05, 0) is 19.9 Å². The maximum absolute atomic E-state index is 13.5. The quantitative estimate of drug-likeness (QED) is 0.736. The highest BCUT2D eigenvalue weighted by molar-refractivity contribution is 5.85. The van der Waals surface area contributed by atoms with Gasteiger partial charge in [-0.15, -0.1) is 0 Å². The van der Waals surface area contributed by atoms with Gasteiger partial charge in [-0.2, -0.15) is 0 Å². The number of halogens is 2. The van der Waals surface area contributed by atoms with Crippen LogP contribution in [-0.2, 0) is 0 Å². The van der Waals surface area contributed by atoms with E-state index < -0.39 is 11.6 Å². The van der Waals surface area contributed by atoms with Gasteiger partial charge in [0.1, 0.15) is 11.6 Å². The number of carbonyl (C=O) groups is 1. The molecule has 0 saturated carbocycles. The number of benzene rings is 1. The summed E-state index contributed by atoms with van der Waals surface area (Å²) < 4.78 is 26.4. The molecule has 0 saturated heterocycles. The smallest absolute Gasteiger partial charge is 0.152 e. The Morgan fingerprint density at radius 1 is 1.31 bits per heavy atom. The molecule has 0 atom stereocenters. The van der Waals surface area contributed by atoms with E-state index in [-0.39, 0.29) is 11.3 Å². The molecule has 0 fully saturated rings. The van der Waals surface area contributed by atoms with E-state index >= 15 is 0 Å². The van der Waals surface area contributed by atoms with E-state index in [1.54, 1.807) is 13.2 Å². The maximum atomic E-state index is 13.5. The molecule has 0 N–H and O–H groups in total. The van der Waals surface area contributed by atoms with E-state index in [2.05, 4.69) is 0 Å². The van der Waals surface area contributed by atoms with E-state index in [0.29, 0.717) is 6.29 Å². The average Bonchev–Trinajstić information content (AvgIpc) is 2.14. The number of rotatable bonds is 3. The minimum Gasteiger partial charge on any atom is -0.348 e. The van der Waals surface area contributed by atoms with Crippen molar-refractivity contribution in [2.24, 2.45) is 0 Å². The van der Waals surface area contributed by atoms with Crippen LogP contribution < -0.4 is 4.90 Å². The summed E-state index contributed by atoms with van der Waals surface area (Å²) in [5.41, 5.74) is 1.03. The zero-order valence-corrected chi connectivity index (χ0v) is 9.42. The standard InChI is InChI=1S/C12H13F2NO/c1-8(2)6-15(3)12-9(7-16)4-10(13)5-11(12)14/h4-7H,1-3H3. The number of anilines is 1. The fourth-order valence-electron chi connectivity index (χ4n) is 1.50. The minimum absolute atomic E-state index is 0.00231. The summed E-state index contributed by atoms with van der Waals surface area (Å²) in [6, 6.07) is 1.78. The lowest BCUT2D eigenvalue weighted by Gasteiger charge is -2.18. The van der Waals surface area contributed by atoms with Crippen LogP contribution >= 0.6 is 0 Å². The highest BCUT2D eigenvalue weighted by Gasteiger charge is 2.13. The van der Waals surface area contributed by atoms with Gasteiger partial charge in [0.25, 0.3) is 0 Å².